The molecule has 0 bridgehead atoms. The normalized spacial score (nSPS) is 15.0. The third-order valence-corrected chi connectivity index (χ3v) is 4.08. The molecular weight excluding hydrogens is 283 g/mol. The summed E-state index contributed by atoms with van der Waals surface area (Å²) in [4.78, 5) is 4.47. The van der Waals surface area contributed by atoms with Gasteiger partial charge in [0.2, 0.25) is 0 Å². The highest BCUT2D eigenvalue weighted by atomic mass is 19.1. The van der Waals surface area contributed by atoms with Gasteiger partial charge in [0.05, 0.1) is 38.2 Å². The van der Waals surface area contributed by atoms with E-state index in [1.165, 1.54) is 6.07 Å². The second-order valence-electron chi connectivity index (χ2n) is 5.34. The molecule has 3 aromatic rings. The molecule has 5 heteroatoms. The number of hydrogen-bond donors (Lipinski definition) is 0. The first-order valence-corrected chi connectivity index (χ1v) is 7.16. The molecular formula is C17H15FN2O2. The van der Waals surface area contributed by atoms with Gasteiger partial charge in [0.25, 0.3) is 0 Å². The molecule has 1 saturated heterocycles. The summed E-state index contributed by atoms with van der Waals surface area (Å²) in [5.74, 6) is 0.327. The summed E-state index contributed by atoms with van der Waals surface area (Å²) in [5, 5.41) is 0. The fourth-order valence-corrected chi connectivity index (χ4v) is 2.85. The van der Waals surface area contributed by atoms with Crippen LogP contribution in [0.1, 0.15) is 6.04 Å². The van der Waals surface area contributed by atoms with Crippen molar-refractivity contribution in [3.8, 4) is 16.9 Å². The van der Waals surface area contributed by atoms with E-state index in [9.17, 15) is 4.39 Å². The van der Waals surface area contributed by atoms with E-state index in [4.69, 9.17) is 9.47 Å². The van der Waals surface area contributed by atoms with E-state index in [2.05, 4.69) is 9.55 Å². The molecule has 1 fully saturated rings. The maximum absolute atomic E-state index is 14.1. The summed E-state index contributed by atoms with van der Waals surface area (Å²) >= 11 is 0. The standard InChI is InChI=1S/C17H15FN2O2/c1-21-17-13(12-4-2-3-5-14(12)18)6-7-15-16(17)19-10-20(15)11-8-22-9-11/h2-7,10-11H,8-9H2,1H3. The molecule has 0 radical (unpaired) electrons. The second-order valence-corrected chi connectivity index (χ2v) is 5.34. The van der Waals surface area contributed by atoms with Gasteiger partial charge >= 0.3 is 0 Å². The largest absolute Gasteiger partial charge is 0.494 e. The van der Waals surface area contributed by atoms with E-state index >= 15 is 0 Å². The lowest BCUT2D eigenvalue weighted by Gasteiger charge is -2.27. The molecule has 0 spiro atoms. The van der Waals surface area contributed by atoms with Gasteiger partial charge in [-0.25, -0.2) is 9.37 Å². The minimum absolute atomic E-state index is 0.271. The van der Waals surface area contributed by atoms with Crippen molar-refractivity contribution in [1.29, 1.82) is 0 Å². The Balaban J connectivity index is 1.92. The zero-order chi connectivity index (χ0) is 15.1. The molecule has 0 N–H and O–H groups in total. The number of hydrogen-bond acceptors (Lipinski definition) is 3. The summed E-state index contributed by atoms with van der Waals surface area (Å²) < 4.78 is 27.0. The van der Waals surface area contributed by atoms with Gasteiger partial charge in [-0.05, 0) is 18.2 Å². The quantitative estimate of drug-likeness (QED) is 0.743. The Hall–Kier alpha value is -2.40. The highest BCUT2D eigenvalue weighted by molar-refractivity contribution is 5.91. The molecule has 112 valence electrons. The average Bonchev–Trinajstić information content (AvgIpc) is 2.89. The molecule has 0 aliphatic carbocycles. The molecule has 0 amide bonds. The Morgan fingerprint density at radius 1 is 1.18 bits per heavy atom. The summed E-state index contributed by atoms with van der Waals surface area (Å²) in [6.07, 6.45) is 1.80. The number of aromatic nitrogens is 2. The van der Waals surface area contributed by atoms with Gasteiger partial charge < -0.3 is 14.0 Å². The van der Waals surface area contributed by atoms with E-state index in [0.29, 0.717) is 36.1 Å². The summed E-state index contributed by atoms with van der Waals surface area (Å²) in [6.45, 7) is 1.39. The van der Waals surface area contributed by atoms with E-state index in [1.807, 2.05) is 18.2 Å². The van der Waals surface area contributed by atoms with Crippen LogP contribution in [0.2, 0.25) is 0 Å². The smallest absolute Gasteiger partial charge is 0.154 e. The van der Waals surface area contributed by atoms with Gasteiger partial charge in [-0.2, -0.15) is 0 Å². The first-order chi connectivity index (χ1) is 10.8. The Kier molecular flexibility index (Phi) is 3.08. The van der Waals surface area contributed by atoms with Crippen molar-refractivity contribution < 1.29 is 13.9 Å². The van der Waals surface area contributed by atoms with Gasteiger partial charge in [0.1, 0.15) is 11.3 Å². The van der Waals surface area contributed by atoms with Crippen LogP contribution in [0, 0.1) is 5.82 Å². The number of benzene rings is 2. The summed E-state index contributed by atoms with van der Waals surface area (Å²) in [5.41, 5.74) is 2.95. The van der Waals surface area contributed by atoms with Crippen molar-refractivity contribution in [1.82, 2.24) is 9.55 Å². The Morgan fingerprint density at radius 3 is 2.68 bits per heavy atom. The van der Waals surface area contributed by atoms with Gasteiger partial charge in [0.15, 0.2) is 5.75 Å². The van der Waals surface area contributed by atoms with Gasteiger partial charge in [-0.1, -0.05) is 18.2 Å². The van der Waals surface area contributed by atoms with Crippen LogP contribution in [0.15, 0.2) is 42.7 Å². The second kappa shape index (κ2) is 5.10. The SMILES string of the molecule is COc1c(-c2ccccc2F)ccc2c1ncn2C1COC1. The zero-order valence-corrected chi connectivity index (χ0v) is 12.1. The topological polar surface area (TPSA) is 36.3 Å². The first kappa shape index (κ1) is 13.3. The van der Waals surface area contributed by atoms with Crippen LogP contribution >= 0.6 is 0 Å². The first-order valence-electron chi connectivity index (χ1n) is 7.16. The predicted molar refractivity (Wildman–Crippen MR) is 81.5 cm³/mol. The number of halogens is 1. The van der Waals surface area contributed by atoms with E-state index in [0.717, 1.165) is 11.0 Å². The van der Waals surface area contributed by atoms with E-state index in [1.54, 1.807) is 25.6 Å². The lowest BCUT2D eigenvalue weighted by molar-refractivity contribution is -0.0216. The molecule has 4 rings (SSSR count). The minimum atomic E-state index is -0.271. The fourth-order valence-electron chi connectivity index (χ4n) is 2.85. The Bertz CT molecular complexity index is 840. The van der Waals surface area contributed by atoms with Crippen LogP contribution in [0.5, 0.6) is 5.75 Å². The van der Waals surface area contributed by atoms with Crippen LogP contribution in [0.4, 0.5) is 4.39 Å². The highest BCUT2D eigenvalue weighted by Crippen LogP contribution is 2.38. The molecule has 0 saturated carbocycles. The maximum atomic E-state index is 14.1. The number of nitrogens with zero attached hydrogens (tertiary/aromatic N) is 2. The molecule has 2 heterocycles. The molecule has 0 unspecified atom stereocenters. The van der Waals surface area contributed by atoms with Gasteiger partial charge in [-0.15, -0.1) is 0 Å². The summed E-state index contributed by atoms with van der Waals surface area (Å²) in [7, 11) is 1.59. The monoisotopic (exact) mass is 298 g/mol. The van der Waals surface area contributed by atoms with Crippen LogP contribution < -0.4 is 4.74 Å². The van der Waals surface area contributed by atoms with Crippen molar-refractivity contribution in [3.05, 3.63) is 48.5 Å². The molecule has 0 atom stereocenters. The number of methoxy groups -OCH3 is 1. The molecule has 1 aliphatic rings. The van der Waals surface area contributed by atoms with Crippen LogP contribution in [0.3, 0.4) is 0 Å². The lowest BCUT2D eigenvalue weighted by atomic mass is 10.0. The van der Waals surface area contributed by atoms with Crippen molar-refractivity contribution >= 4 is 11.0 Å². The molecule has 1 aromatic heterocycles. The maximum Gasteiger partial charge on any atom is 0.154 e. The van der Waals surface area contributed by atoms with Gasteiger partial charge in [-0.3, -0.25) is 0 Å². The van der Waals surface area contributed by atoms with Gasteiger partial charge in [0, 0.05) is 11.1 Å². The molecule has 22 heavy (non-hydrogen) atoms. The number of imidazole rings is 1. The molecule has 1 aliphatic heterocycles. The van der Waals surface area contributed by atoms with Crippen molar-refractivity contribution in [2.24, 2.45) is 0 Å². The Labute approximate surface area is 127 Å². The average molecular weight is 298 g/mol. The number of ether oxygens (including phenoxy) is 2. The number of rotatable bonds is 3. The van der Waals surface area contributed by atoms with Crippen LogP contribution in [-0.4, -0.2) is 29.9 Å². The lowest BCUT2D eigenvalue weighted by Crippen LogP contribution is -2.30. The highest BCUT2D eigenvalue weighted by Gasteiger charge is 2.24. The fraction of sp³-hybridized carbons (Fsp3) is 0.235. The third-order valence-electron chi connectivity index (χ3n) is 4.08. The van der Waals surface area contributed by atoms with Crippen molar-refractivity contribution in [2.75, 3.05) is 20.3 Å². The molecule has 4 nitrogen and oxygen atoms in total. The van der Waals surface area contributed by atoms with Crippen molar-refractivity contribution in [2.45, 2.75) is 6.04 Å². The predicted octanol–water partition coefficient (Wildman–Crippen LogP) is 3.42. The zero-order valence-electron chi connectivity index (χ0n) is 12.1. The van der Waals surface area contributed by atoms with Crippen LogP contribution in [0.25, 0.3) is 22.2 Å². The minimum Gasteiger partial charge on any atom is -0.494 e. The van der Waals surface area contributed by atoms with Crippen LogP contribution in [-0.2, 0) is 4.74 Å². The number of fused-ring (bicyclic) bond motifs is 1. The summed E-state index contributed by atoms with van der Waals surface area (Å²) in [6, 6.07) is 10.8. The van der Waals surface area contributed by atoms with E-state index in [-0.39, 0.29) is 5.82 Å². The third kappa shape index (κ3) is 1.89. The van der Waals surface area contributed by atoms with E-state index < -0.39 is 0 Å². The molecule has 2 aromatic carbocycles. The van der Waals surface area contributed by atoms with Crippen molar-refractivity contribution in [3.63, 3.8) is 0 Å². The Morgan fingerprint density at radius 2 is 2.00 bits per heavy atom.